The first-order chi connectivity index (χ1) is 13.3. The predicted octanol–water partition coefficient (Wildman–Crippen LogP) is 3.77. The molecule has 0 saturated heterocycles. The highest BCUT2D eigenvalue weighted by molar-refractivity contribution is 6.00. The SMILES string of the molecule is Cc1onc(-c2ccc(C(F)(F)F)cc2)c1C(=O)N(C)CCc1ncccn1. The highest BCUT2D eigenvalue weighted by Crippen LogP contribution is 2.32. The lowest BCUT2D eigenvalue weighted by Gasteiger charge is -2.16. The molecular formula is C19H17F3N4O2. The van der Waals surface area contributed by atoms with Crippen molar-refractivity contribution < 1.29 is 22.5 Å². The summed E-state index contributed by atoms with van der Waals surface area (Å²) < 4.78 is 43.4. The first kappa shape index (κ1) is 19.5. The molecule has 3 rings (SSSR count). The molecule has 1 amide bonds. The number of benzene rings is 1. The monoisotopic (exact) mass is 390 g/mol. The number of aryl methyl sites for hydroxylation is 1. The summed E-state index contributed by atoms with van der Waals surface area (Å²) in [6.07, 6.45) is -0.728. The molecule has 0 bridgehead atoms. The first-order valence-electron chi connectivity index (χ1n) is 8.42. The number of aromatic nitrogens is 3. The molecule has 0 fully saturated rings. The Bertz CT molecular complexity index is 954. The largest absolute Gasteiger partial charge is 0.416 e. The maximum atomic E-state index is 12.9. The van der Waals surface area contributed by atoms with E-state index in [1.165, 1.54) is 17.0 Å². The Morgan fingerprint density at radius 1 is 1.14 bits per heavy atom. The van der Waals surface area contributed by atoms with Crippen molar-refractivity contribution in [2.45, 2.75) is 19.5 Å². The Morgan fingerprint density at radius 2 is 1.79 bits per heavy atom. The third-order valence-electron chi connectivity index (χ3n) is 4.20. The van der Waals surface area contributed by atoms with Gasteiger partial charge in [-0.15, -0.1) is 0 Å². The van der Waals surface area contributed by atoms with Gasteiger partial charge in [-0.05, 0) is 25.1 Å². The van der Waals surface area contributed by atoms with Crippen molar-refractivity contribution in [1.29, 1.82) is 0 Å². The van der Waals surface area contributed by atoms with Gasteiger partial charge in [-0.3, -0.25) is 4.79 Å². The van der Waals surface area contributed by atoms with Gasteiger partial charge < -0.3 is 9.42 Å². The maximum absolute atomic E-state index is 12.9. The van der Waals surface area contributed by atoms with E-state index in [2.05, 4.69) is 15.1 Å². The van der Waals surface area contributed by atoms with Gasteiger partial charge in [-0.1, -0.05) is 17.3 Å². The van der Waals surface area contributed by atoms with E-state index in [4.69, 9.17) is 4.52 Å². The number of halogens is 3. The molecule has 146 valence electrons. The molecule has 0 atom stereocenters. The third kappa shape index (κ3) is 4.19. The zero-order valence-electron chi connectivity index (χ0n) is 15.2. The van der Waals surface area contributed by atoms with E-state index in [1.54, 1.807) is 32.4 Å². The molecule has 0 N–H and O–H groups in total. The molecule has 0 spiro atoms. The molecule has 3 aromatic rings. The van der Waals surface area contributed by atoms with Crippen LogP contribution >= 0.6 is 0 Å². The quantitative estimate of drug-likeness (QED) is 0.663. The minimum atomic E-state index is -4.43. The molecule has 2 heterocycles. The molecule has 6 nitrogen and oxygen atoms in total. The van der Waals surface area contributed by atoms with Crippen molar-refractivity contribution in [1.82, 2.24) is 20.0 Å². The number of amides is 1. The fraction of sp³-hybridized carbons (Fsp3) is 0.263. The smallest absolute Gasteiger partial charge is 0.360 e. The summed E-state index contributed by atoms with van der Waals surface area (Å²) in [5.41, 5.74) is 0.0209. The van der Waals surface area contributed by atoms with Crippen molar-refractivity contribution in [3.05, 3.63) is 65.4 Å². The molecule has 9 heteroatoms. The second-order valence-corrected chi connectivity index (χ2v) is 6.18. The summed E-state index contributed by atoms with van der Waals surface area (Å²) in [7, 11) is 1.62. The van der Waals surface area contributed by atoms with Crippen LogP contribution in [0.15, 0.2) is 47.2 Å². The zero-order chi connectivity index (χ0) is 20.3. The third-order valence-corrected chi connectivity index (χ3v) is 4.20. The fourth-order valence-corrected chi connectivity index (χ4v) is 2.66. The van der Waals surface area contributed by atoms with Crippen molar-refractivity contribution >= 4 is 5.91 Å². The summed E-state index contributed by atoms with van der Waals surface area (Å²) in [4.78, 5) is 22.6. The summed E-state index contributed by atoms with van der Waals surface area (Å²) in [6, 6.07) is 6.15. The normalized spacial score (nSPS) is 11.5. The van der Waals surface area contributed by atoms with Crippen LogP contribution in [-0.2, 0) is 12.6 Å². The van der Waals surface area contributed by atoms with Crippen LogP contribution in [0.2, 0.25) is 0 Å². The van der Waals surface area contributed by atoms with Crippen LogP contribution in [-0.4, -0.2) is 39.5 Å². The van der Waals surface area contributed by atoms with Gasteiger partial charge >= 0.3 is 6.18 Å². The van der Waals surface area contributed by atoms with Gasteiger partial charge in [0, 0.05) is 38.0 Å². The van der Waals surface area contributed by atoms with E-state index in [0.717, 1.165) is 12.1 Å². The van der Waals surface area contributed by atoms with Gasteiger partial charge in [-0.2, -0.15) is 13.2 Å². The second kappa shape index (κ2) is 7.79. The number of nitrogens with zero attached hydrogens (tertiary/aromatic N) is 4. The molecule has 0 aliphatic carbocycles. The van der Waals surface area contributed by atoms with Crippen molar-refractivity contribution in [2.75, 3.05) is 13.6 Å². The Balaban J connectivity index is 1.81. The van der Waals surface area contributed by atoms with Gasteiger partial charge in [0.15, 0.2) is 0 Å². The van der Waals surface area contributed by atoms with Crippen molar-refractivity contribution in [3.8, 4) is 11.3 Å². The minimum absolute atomic E-state index is 0.207. The lowest BCUT2D eigenvalue weighted by molar-refractivity contribution is -0.137. The average molecular weight is 390 g/mol. The number of alkyl halides is 3. The van der Waals surface area contributed by atoms with Gasteiger partial charge in [-0.25, -0.2) is 9.97 Å². The lowest BCUT2D eigenvalue weighted by Crippen LogP contribution is -2.29. The van der Waals surface area contributed by atoms with Gasteiger partial charge in [0.25, 0.3) is 5.91 Å². The topological polar surface area (TPSA) is 72.1 Å². The Hall–Kier alpha value is -3.23. The highest BCUT2D eigenvalue weighted by Gasteiger charge is 2.31. The number of carbonyl (C=O) groups is 1. The van der Waals surface area contributed by atoms with E-state index in [1.807, 2.05) is 0 Å². The Kier molecular flexibility index (Phi) is 5.43. The Morgan fingerprint density at radius 3 is 2.39 bits per heavy atom. The maximum Gasteiger partial charge on any atom is 0.416 e. The van der Waals surface area contributed by atoms with E-state index < -0.39 is 11.7 Å². The van der Waals surface area contributed by atoms with Crippen LogP contribution in [0.25, 0.3) is 11.3 Å². The standard InChI is InChI=1S/C19H17F3N4O2/c1-12-16(18(27)26(2)11-8-15-23-9-3-10-24-15)17(25-28-12)13-4-6-14(7-5-13)19(20,21)22/h3-7,9-10H,8,11H2,1-2H3. The average Bonchev–Trinajstić information content (AvgIpc) is 3.07. The summed E-state index contributed by atoms with van der Waals surface area (Å²) >= 11 is 0. The van der Waals surface area contributed by atoms with Gasteiger partial charge in [0.05, 0.1) is 5.56 Å². The molecule has 2 aromatic heterocycles. The van der Waals surface area contributed by atoms with Crippen molar-refractivity contribution in [3.63, 3.8) is 0 Å². The second-order valence-electron chi connectivity index (χ2n) is 6.18. The van der Waals surface area contributed by atoms with Crippen molar-refractivity contribution in [2.24, 2.45) is 0 Å². The number of hydrogen-bond donors (Lipinski definition) is 0. The molecule has 0 radical (unpaired) electrons. The van der Waals surface area contributed by atoms with E-state index >= 15 is 0 Å². The fourth-order valence-electron chi connectivity index (χ4n) is 2.66. The van der Waals surface area contributed by atoms with Crippen LogP contribution in [0.3, 0.4) is 0 Å². The summed E-state index contributed by atoms with van der Waals surface area (Å²) in [5, 5.41) is 3.87. The van der Waals surface area contributed by atoms with Crippen LogP contribution in [0, 0.1) is 6.92 Å². The van der Waals surface area contributed by atoms with E-state index in [9.17, 15) is 18.0 Å². The highest BCUT2D eigenvalue weighted by atomic mass is 19.4. The molecule has 1 aromatic carbocycles. The number of likely N-dealkylation sites (N-methyl/N-ethyl adjacent to an activating group) is 1. The first-order valence-corrected chi connectivity index (χ1v) is 8.42. The van der Waals surface area contributed by atoms with E-state index in [-0.39, 0.29) is 17.2 Å². The Labute approximate surface area is 159 Å². The van der Waals surface area contributed by atoms with E-state index in [0.29, 0.717) is 30.1 Å². The summed E-state index contributed by atoms with van der Waals surface area (Å²) in [6.45, 7) is 1.95. The predicted molar refractivity (Wildman–Crippen MR) is 94.4 cm³/mol. The number of carbonyl (C=O) groups excluding carboxylic acids is 1. The molecule has 0 saturated carbocycles. The van der Waals surface area contributed by atoms with Gasteiger partial charge in [0.1, 0.15) is 22.8 Å². The van der Waals surface area contributed by atoms with Crippen LogP contribution < -0.4 is 0 Å². The zero-order valence-corrected chi connectivity index (χ0v) is 15.2. The van der Waals surface area contributed by atoms with Gasteiger partial charge in [0.2, 0.25) is 0 Å². The van der Waals surface area contributed by atoms with Crippen LogP contribution in [0.4, 0.5) is 13.2 Å². The minimum Gasteiger partial charge on any atom is -0.360 e. The summed E-state index contributed by atoms with van der Waals surface area (Å²) in [5.74, 6) is 0.555. The van der Waals surface area contributed by atoms with Crippen LogP contribution in [0.1, 0.15) is 27.5 Å². The molecule has 0 unspecified atom stereocenters. The number of hydrogen-bond acceptors (Lipinski definition) is 5. The molecule has 28 heavy (non-hydrogen) atoms. The lowest BCUT2D eigenvalue weighted by atomic mass is 10.0. The molecule has 0 aliphatic rings. The number of rotatable bonds is 5. The molecule has 0 aliphatic heterocycles. The molecular weight excluding hydrogens is 373 g/mol. The van der Waals surface area contributed by atoms with Crippen LogP contribution in [0.5, 0.6) is 0 Å².